The summed E-state index contributed by atoms with van der Waals surface area (Å²) < 4.78 is 1.61. The molecule has 1 saturated heterocycles. The number of carbonyl (C=O) groups excluding carboxylic acids is 2. The lowest BCUT2D eigenvalue weighted by Crippen LogP contribution is -2.43. The van der Waals surface area contributed by atoms with Gasteiger partial charge in [-0.05, 0) is 63.3 Å². The Labute approximate surface area is 191 Å². The number of halogens is 1. The topological polar surface area (TPSA) is 91.3 Å². The molecule has 4 rings (SSSR count). The lowest BCUT2D eigenvalue weighted by molar-refractivity contribution is 0.0917. The number of hydrogen-bond donors (Lipinski definition) is 3. The number of urea groups is 1. The van der Waals surface area contributed by atoms with Crippen molar-refractivity contribution in [3.8, 4) is 5.69 Å². The highest BCUT2D eigenvalue weighted by atomic mass is 35.5. The van der Waals surface area contributed by atoms with E-state index in [9.17, 15) is 9.59 Å². The third kappa shape index (κ3) is 5.46. The molecule has 0 unspecified atom stereocenters. The molecule has 9 heteroatoms. The van der Waals surface area contributed by atoms with Gasteiger partial charge in [0.25, 0.3) is 5.91 Å². The first-order chi connectivity index (χ1) is 15.5. The lowest BCUT2D eigenvalue weighted by Gasteiger charge is -2.29. The minimum Gasteiger partial charge on any atom is -0.349 e. The van der Waals surface area contributed by atoms with E-state index in [4.69, 9.17) is 11.6 Å². The second-order valence-electron chi connectivity index (χ2n) is 7.83. The van der Waals surface area contributed by atoms with Crippen LogP contribution in [0.1, 0.15) is 23.2 Å². The SMILES string of the molecule is CN1CCC(NC(=O)c2cccc(-n3cc(NC(=O)Nc4ccccc4Cl)cn3)c2)CC1. The van der Waals surface area contributed by atoms with Gasteiger partial charge in [-0.2, -0.15) is 5.10 Å². The smallest absolute Gasteiger partial charge is 0.323 e. The fourth-order valence-electron chi connectivity index (χ4n) is 3.59. The summed E-state index contributed by atoms with van der Waals surface area (Å²) in [4.78, 5) is 27.2. The third-order valence-corrected chi connectivity index (χ3v) is 5.72. The van der Waals surface area contributed by atoms with Crippen LogP contribution < -0.4 is 16.0 Å². The Balaban J connectivity index is 1.39. The Hall–Kier alpha value is -3.36. The van der Waals surface area contributed by atoms with Gasteiger partial charge in [-0.3, -0.25) is 4.79 Å². The highest BCUT2D eigenvalue weighted by Gasteiger charge is 2.19. The number of carbonyl (C=O) groups is 2. The summed E-state index contributed by atoms with van der Waals surface area (Å²) in [5, 5.41) is 13.3. The van der Waals surface area contributed by atoms with Gasteiger partial charge in [-0.1, -0.05) is 29.8 Å². The molecule has 0 spiro atoms. The number of nitrogens with zero attached hydrogens (tertiary/aromatic N) is 3. The van der Waals surface area contributed by atoms with Gasteiger partial charge in [-0.25, -0.2) is 9.48 Å². The van der Waals surface area contributed by atoms with Crippen molar-refractivity contribution in [3.63, 3.8) is 0 Å². The molecule has 2 aromatic carbocycles. The van der Waals surface area contributed by atoms with E-state index in [2.05, 4.69) is 33.0 Å². The summed E-state index contributed by atoms with van der Waals surface area (Å²) in [5.41, 5.74) is 2.32. The highest BCUT2D eigenvalue weighted by molar-refractivity contribution is 6.33. The molecule has 166 valence electrons. The average Bonchev–Trinajstić information content (AvgIpc) is 3.25. The Morgan fingerprint density at radius 2 is 1.84 bits per heavy atom. The molecule has 3 aromatic rings. The first-order valence-electron chi connectivity index (χ1n) is 10.4. The van der Waals surface area contributed by atoms with Crippen molar-refractivity contribution in [1.82, 2.24) is 20.0 Å². The molecule has 0 bridgehead atoms. The monoisotopic (exact) mass is 452 g/mol. The van der Waals surface area contributed by atoms with Gasteiger partial charge < -0.3 is 20.9 Å². The van der Waals surface area contributed by atoms with Crippen LogP contribution in [0, 0.1) is 0 Å². The normalized spacial score (nSPS) is 14.7. The number of aromatic nitrogens is 2. The van der Waals surface area contributed by atoms with Crippen LogP contribution in [-0.2, 0) is 0 Å². The fraction of sp³-hybridized carbons (Fsp3) is 0.261. The lowest BCUT2D eigenvalue weighted by atomic mass is 10.0. The average molecular weight is 453 g/mol. The van der Waals surface area contributed by atoms with Crippen molar-refractivity contribution in [2.75, 3.05) is 30.8 Å². The van der Waals surface area contributed by atoms with Gasteiger partial charge in [0, 0.05) is 11.6 Å². The van der Waals surface area contributed by atoms with Crippen molar-refractivity contribution in [2.24, 2.45) is 0 Å². The Bertz CT molecular complexity index is 1110. The van der Waals surface area contributed by atoms with Crippen LogP contribution in [0.25, 0.3) is 5.69 Å². The minimum atomic E-state index is -0.427. The number of amides is 3. The fourth-order valence-corrected chi connectivity index (χ4v) is 3.77. The Kier molecular flexibility index (Phi) is 6.72. The van der Waals surface area contributed by atoms with Crippen LogP contribution in [0.2, 0.25) is 5.02 Å². The number of piperidine rings is 1. The van der Waals surface area contributed by atoms with Crippen molar-refractivity contribution in [3.05, 3.63) is 71.5 Å². The summed E-state index contributed by atoms with van der Waals surface area (Å²) in [6.07, 6.45) is 5.12. The highest BCUT2D eigenvalue weighted by Crippen LogP contribution is 2.21. The third-order valence-electron chi connectivity index (χ3n) is 5.39. The summed E-state index contributed by atoms with van der Waals surface area (Å²) in [6.45, 7) is 1.97. The predicted octanol–water partition coefficient (Wildman–Crippen LogP) is 3.99. The largest absolute Gasteiger partial charge is 0.349 e. The van der Waals surface area contributed by atoms with E-state index in [0.29, 0.717) is 22.0 Å². The summed E-state index contributed by atoms with van der Waals surface area (Å²) in [7, 11) is 2.09. The maximum Gasteiger partial charge on any atom is 0.323 e. The molecule has 0 atom stereocenters. The molecule has 3 N–H and O–H groups in total. The zero-order valence-electron chi connectivity index (χ0n) is 17.7. The standard InChI is InChI=1S/C23H25ClN6O2/c1-29-11-9-17(10-12-29)26-22(31)16-5-4-6-19(13-16)30-15-18(14-25-30)27-23(32)28-21-8-3-2-7-20(21)24/h2-8,13-15,17H,9-12H2,1H3,(H,26,31)(H2,27,28,32). The minimum absolute atomic E-state index is 0.0916. The molecule has 0 aliphatic carbocycles. The van der Waals surface area contributed by atoms with Gasteiger partial charge in [0.1, 0.15) is 0 Å². The first-order valence-corrected chi connectivity index (χ1v) is 10.8. The van der Waals surface area contributed by atoms with Crippen molar-refractivity contribution in [2.45, 2.75) is 18.9 Å². The van der Waals surface area contributed by atoms with E-state index < -0.39 is 6.03 Å². The zero-order valence-corrected chi connectivity index (χ0v) is 18.5. The van der Waals surface area contributed by atoms with E-state index in [1.807, 2.05) is 12.1 Å². The number of para-hydroxylation sites is 1. The molecule has 0 radical (unpaired) electrons. The van der Waals surface area contributed by atoms with E-state index in [1.54, 1.807) is 47.3 Å². The number of anilines is 2. The van der Waals surface area contributed by atoms with Crippen LogP contribution in [0.5, 0.6) is 0 Å². The summed E-state index contributed by atoms with van der Waals surface area (Å²) in [6, 6.07) is 14.0. The van der Waals surface area contributed by atoms with Gasteiger partial charge in [0.05, 0.1) is 34.5 Å². The van der Waals surface area contributed by atoms with Crippen LogP contribution in [0.3, 0.4) is 0 Å². The molecule has 0 saturated carbocycles. The van der Waals surface area contributed by atoms with Crippen LogP contribution >= 0.6 is 11.6 Å². The number of rotatable bonds is 5. The van der Waals surface area contributed by atoms with E-state index in [-0.39, 0.29) is 11.9 Å². The molecule has 1 fully saturated rings. The second kappa shape index (κ2) is 9.84. The summed E-state index contributed by atoms with van der Waals surface area (Å²) in [5.74, 6) is -0.0916. The van der Waals surface area contributed by atoms with Crippen LogP contribution in [-0.4, -0.2) is 52.8 Å². The quantitative estimate of drug-likeness (QED) is 0.545. The molecule has 2 heterocycles. The molecule has 32 heavy (non-hydrogen) atoms. The predicted molar refractivity (Wildman–Crippen MR) is 126 cm³/mol. The zero-order chi connectivity index (χ0) is 22.5. The molecule has 1 aromatic heterocycles. The van der Waals surface area contributed by atoms with Crippen molar-refractivity contribution in [1.29, 1.82) is 0 Å². The molecule has 1 aliphatic rings. The van der Waals surface area contributed by atoms with Crippen LogP contribution in [0.4, 0.5) is 16.2 Å². The molecule has 3 amide bonds. The summed E-state index contributed by atoms with van der Waals surface area (Å²) >= 11 is 6.07. The Morgan fingerprint density at radius 3 is 2.62 bits per heavy atom. The van der Waals surface area contributed by atoms with Crippen molar-refractivity contribution < 1.29 is 9.59 Å². The van der Waals surface area contributed by atoms with Crippen molar-refractivity contribution >= 4 is 34.9 Å². The first kappa shape index (κ1) is 21.9. The van der Waals surface area contributed by atoms with Gasteiger partial charge in [-0.15, -0.1) is 0 Å². The molecular formula is C23H25ClN6O2. The number of benzene rings is 2. The Morgan fingerprint density at radius 1 is 1.06 bits per heavy atom. The van der Waals surface area contributed by atoms with E-state index in [0.717, 1.165) is 31.6 Å². The van der Waals surface area contributed by atoms with Gasteiger partial charge in [0.15, 0.2) is 0 Å². The van der Waals surface area contributed by atoms with E-state index >= 15 is 0 Å². The molecular weight excluding hydrogens is 428 g/mol. The number of hydrogen-bond acceptors (Lipinski definition) is 4. The number of likely N-dealkylation sites (tertiary alicyclic amines) is 1. The van der Waals surface area contributed by atoms with Gasteiger partial charge in [0.2, 0.25) is 0 Å². The van der Waals surface area contributed by atoms with Crippen LogP contribution in [0.15, 0.2) is 60.9 Å². The van der Waals surface area contributed by atoms with Gasteiger partial charge >= 0.3 is 6.03 Å². The number of nitrogens with one attached hydrogen (secondary N) is 3. The molecule has 1 aliphatic heterocycles. The molecule has 8 nitrogen and oxygen atoms in total. The maximum atomic E-state index is 12.7. The maximum absolute atomic E-state index is 12.7. The second-order valence-corrected chi connectivity index (χ2v) is 8.24. The van der Waals surface area contributed by atoms with E-state index in [1.165, 1.54) is 6.20 Å².